The summed E-state index contributed by atoms with van der Waals surface area (Å²) in [7, 11) is 0. The Morgan fingerprint density at radius 3 is 2.44 bits per heavy atom. The van der Waals surface area contributed by atoms with Crippen molar-refractivity contribution < 1.29 is 4.79 Å². The van der Waals surface area contributed by atoms with Crippen LogP contribution in [0.4, 0.5) is 5.69 Å². The van der Waals surface area contributed by atoms with Crippen LogP contribution in [0.15, 0.2) is 18.2 Å². The third-order valence-electron chi connectivity index (χ3n) is 7.57. The zero-order chi connectivity index (χ0) is 18.6. The molecule has 3 N–H and O–H groups in total. The fraction of sp³-hybridized carbons (Fsp3) is 0.682. The van der Waals surface area contributed by atoms with E-state index in [2.05, 4.69) is 10.2 Å². The maximum absolute atomic E-state index is 13.0. The second-order valence-corrected chi connectivity index (χ2v) is 10.2. The molecule has 5 fully saturated rings. The van der Waals surface area contributed by atoms with Crippen LogP contribution in [0.3, 0.4) is 0 Å². The fourth-order valence-corrected chi connectivity index (χ4v) is 6.98. The maximum Gasteiger partial charge on any atom is 0.252 e. The number of carbonyl (C=O) groups excluding carboxylic acids is 1. The van der Waals surface area contributed by atoms with Crippen LogP contribution in [0.2, 0.25) is 5.02 Å². The van der Waals surface area contributed by atoms with E-state index in [1.807, 2.05) is 18.2 Å². The third kappa shape index (κ3) is 3.36. The van der Waals surface area contributed by atoms with E-state index in [9.17, 15) is 4.79 Å². The van der Waals surface area contributed by atoms with E-state index in [1.165, 1.54) is 38.5 Å². The minimum atomic E-state index is -0.0268. The molecule has 4 nitrogen and oxygen atoms in total. The molecule has 6 rings (SSSR count). The minimum Gasteiger partial charge on any atom is -0.370 e. The van der Waals surface area contributed by atoms with Gasteiger partial charge in [-0.05, 0) is 86.3 Å². The van der Waals surface area contributed by atoms with Gasteiger partial charge in [0, 0.05) is 31.4 Å². The zero-order valence-electron chi connectivity index (χ0n) is 15.9. The second-order valence-electron chi connectivity index (χ2n) is 9.76. The average Bonchev–Trinajstić information content (AvgIpc) is 3.05. The van der Waals surface area contributed by atoms with Crippen molar-refractivity contribution in [1.82, 2.24) is 5.32 Å². The number of nitrogens with two attached hydrogens (primary N) is 1. The highest BCUT2D eigenvalue weighted by Crippen LogP contribution is 2.59. The summed E-state index contributed by atoms with van der Waals surface area (Å²) in [6, 6.07) is 6.00. The average molecular weight is 388 g/mol. The first-order chi connectivity index (χ1) is 13.0. The lowest BCUT2D eigenvalue weighted by molar-refractivity contribution is -0.0503. The summed E-state index contributed by atoms with van der Waals surface area (Å²) in [5.41, 5.74) is 8.02. The van der Waals surface area contributed by atoms with Crippen LogP contribution in [-0.2, 0) is 0 Å². The predicted molar refractivity (Wildman–Crippen MR) is 109 cm³/mol. The molecule has 1 heterocycles. The molecule has 4 aliphatic carbocycles. The number of nitrogens with one attached hydrogen (secondary N) is 1. The number of rotatable bonds is 4. The molecular formula is C22H30ClN3O. The monoisotopic (exact) mass is 387 g/mol. The van der Waals surface area contributed by atoms with Crippen molar-refractivity contribution in [2.45, 2.75) is 51.0 Å². The van der Waals surface area contributed by atoms with Crippen LogP contribution in [0, 0.1) is 23.2 Å². The number of carbonyl (C=O) groups is 1. The number of anilines is 1. The van der Waals surface area contributed by atoms with Gasteiger partial charge >= 0.3 is 0 Å². The predicted octanol–water partition coefficient (Wildman–Crippen LogP) is 3.82. The molecule has 1 unspecified atom stereocenters. The van der Waals surface area contributed by atoms with Gasteiger partial charge in [-0.15, -0.1) is 0 Å². The van der Waals surface area contributed by atoms with Gasteiger partial charge in [-0.3, -0.25) is 4.79 Å². The Morgan fingerprint density at radius 2 is 1.85 bits per heavy atom. The molecule has 0 aromatic heterocycles. The van der Waals surface area contributed by atoms with E-state index in [0.29, 0.717) is 16.0 Å². The molecule has 1 atom stereocenters. The molecule has 4 saturated carbocycles. The van der Waals surface area contributed by atoms with Crippen molar-refractivity contribution in [3.05, 3.63) is 28.8 Å². The van der Waals surface area contributed by atoms with Gasteiger partial charge in [0.1, 0.15) is 0 Å². The summed E-state index contributed by atoms with van der Waals surface area (Å²) >= 11 is 6.38. The molecule has 5 aliphatic rings. The number of halogens is 1. The van der Waals surface area contributed by atoms with Gasteiger partial charge in [0.25, 0.3) is 5.91 Å². The van der Waals surface area contributed by atoms with E-state index in [0.717, 1.165) is 49.5 Å². The Labute approximate surface area is 166 Å². The van der Waals surface area contributed by atoms with Gasteiger partial charge in [0.05, 0.1) is 10.6 Å². The third-order valence-corrected chi connectivity index (χ3v) is 7.90. The Balaban J connectivity index is 1.28. The van der Waals surface area contributed by atoms with Gasteiger partial charge in [-0.2, -0.15) is 0 Å². The summed E-state index contributed by atoms with van der Waals surface area (Å²) in [5, 5.41) is 3.79. The van der Waals surface area contributed by atoms with Crippen LogP contribution in [0.5, 0.6) is 0 Å². The molecule has 0 spiro atoms. The number of hydrogen-bond donors (Lipinski definition) is 2. The smallest absolute Gasteiger partial charge is 0.252 e. The van der Waals surface area contributed by atoms with Crippen LogP contribution < -0.4 is 16.0 Å². The standard InChI is InChI=1S/C22H30ClN3O/c23-20-2-1-18(26-4-3-17(24)12-26)8-19(20)21(27)25-13-22-9-14-5-15(10-22)7-16(6-14)11-22/h1-2,8,14-17H,3-7,9-13,24H2,(H,25,27). The Hall–Kier alpha value is -1.26. The largest absolute Gasteiger partial charge is 0.370 e. The zero-order valence-corrected chi connectivity index (χ0v) is 16.7. The summed E-state index contributed by atoms with van der Waals surface area (Å²) < 4.78 is 0. The van der Waals surface area contributed by atoms with E-state index < -0.39 is 0 Å². The van der Waals surface area contributed by atoms with E-state index >= 15 is 0 Å². The number of hydrogen-bond acceptors (Lipinski definition) is 3. The highest BCUT2D eigenvalue weighted by molar-refractivity contribution is 6.34. The first-order valence-electron chi connectivity index (χ1n) is 10.6. The fourth-order valence-electron chi connectivity index (χ4n) is 6.78. The highest BCUT2D eigenvalue weighted by atomic mass is 35.5. The number of benzene rings is 1. The summed E-state index contributed by atoms with van der Waals surface area (Å²) in [6.45, 7) is 2.59. The second kappa shape index (κ2) is 6.66. The SMILES string of the molecule is NC1CCN(c2ccc(Cl)c(C(=O)NCC34CC5CC(CC(C5)C3)C4)c2)C1. The topological polar surface area (TPSA) is 58.4 Å². The van der Waals surface area contributed by atoms with Crippen LogP contribution in [-0.4, -0.2) is 31.6 Å². The molecular weight excluding hydrogens is 358 g/mol. The lowest BCUT2D eigenvalue weighted by Gasteiger charge is -2.56. The molecule has 27 heavy (non-hydrogen) atoms. The maximum atomic E-state index is 13.0. The quantitative estimate of drug-likeness (QED) is 0.825. The van der Waals surface area contributed by atoms with E-state index in [1.54, 1.807) is 0 Å². The van der Waals surface area contributed by atoms with Gasteiger partial charge in [0.2, 0.25) is 0 Å². The lowest BCUT2D eigenvalue weighted by Crippen LogP contribution is -2.51. The molecule has 146 valence electrons. The normalized spacial score (nSPS) is 37.0. The first kappa shape index (κ1) is 17.8. The van der Waals surface area contributed by atoms with Crippen molar-refractivity contribution in [3.8, 4) is 0 Å². The molecule has 1 aromatic rings. The lowest BCUT2D eigenvalue weighted by atomic mass is 9.49. The van der Waals surface area contributed by atoms with Crippen LogP contribution in [0.1, 0.15) is 55.3 Å². The Bertz CT molecular complexity index is 714. The van der Waals surface area contributed by atoms with E-state index in [-0.39, 0.29) is 11.9 Å². The minimum absolute atomic E-state index is 0.0268. The molecule has 0 radical (unpaired) electrons. The molecule has 4 bridgehead atoms. The molecule has 5 heteroatoms. The van der Waals surface area contributed by atoms with Crippen molar-refractivity contribution in [3.63, 3.8) is 0 Å². The molecule has 1 amide bonds. The van der Waals surface area contributed by atoms with Crippen molar-refractivity contribution in [2.24, 2.45) is 28.9 Å². The molecule has 1 aromatic carbocycles. The summed E-state index contributed by atoms with van der Waals surface area (Å²) in [5.74, 6) is 2.68. The Kier molecular flexibility index (Phi) is 4.40. The van der Waals surface area contributed by atoms with Gasteiger partial charge < -0.3 is 16.0 Å². The van der Waals surface area contributed by atoms with Crippen LogP contribution in [0.25, 0.3) is 0 Å². The van der Waals surface area contributed by atoms with Gasteiger partial charge in [0.15, 0.2) is 0 Å². The first-order valence-corrected chi connectivity index (χ1v) is 11.0. The van der Waals surface area contributed by atoms with Crippen molar-refractivity contribution in [2.75, 3.05) is 24.5 Å². The number of amides is 1. The van der Waals surface area contributed by atoms with Crippen LogP contribution >= 0.6 is 11.6 Å². The van der Waals surface area contributed by atoms with Gasteiger partial charge in [-0.25, -0.2) is 0 Å². The Morgan fingerprint density at radius 1 is 1.19 bits per heavy atom. The van der Waals surface area contributed by atoms with Crippen molar-refractivity contribution >= 4 is 23.2 Å². The van der Waals surface area contributed by atoms with Gasteiger partial charge in [-0.1, -0.05) is 11.6 Å². The molecule has 1 saturated heterocycles. The summed E-state index contributed by atoms with van der Waals surface area (Å²) in [4.78, 5) is 15.2. The van der Waals surface area contributed by atoms with Crippen molar-refractivity contribution in [1.29, 1.82) is 0 Å². The number of nitrogens with zero attached hydrogens (tertiary/aromatic N) is 1. The van der Waals surface area contributed by atoms with E-state index in [4.69, 9.17) is 17.3 Å². The highest BCUT2D eigenvalue weighted by Gasteiger charge is 2.50. The summed E-state index contributed by atoms with van der Waals surface area (Å²) in [6.07, 6.45) is 9.20. The molecule has 1 aliphatic heterocycles.